The van der Waals surface area contributed by atoms with Gasteiger partial charge in [-0.2, -0.15) is 0 Å². The SMILES string of the molecule is CO[SiH](C)OCO[SiH](C)OC. The van der Waals surface area contributed by atoms with Crippen molar-refractivity contribution in [2.75, 3.05) is 21.0 Å². The highest BCUT2D eigenvalue weighted by Crippen LogP contribution is 1.90. The Hall–Kier alpha value is 0.274. The topological polar surface area (TPSA) is 36.9 Å². The van der Waals surface area contributed by atoms with Crippen LogP contribution in [0.2, 0.25) is 13.1 Å². The fourth-order valence-corrected chi connectivity index (χ4v) is 1.34. The molecule has 6 heteroatoms. The lowest BCUT2D eigenvalue weighted by atomic mass is 11.6. The third-order valence-corrected chi connectivity index (χ3v) is 3.81. The molecule has 0 heterocycles. The zero-order chi connectivity index (χ0) is 8.69. The Labute approximate surface area is 71.1 Å². The first-order valence-corrected chi connectivity index (χ1v) is 7.69. The molecule has 0 N–H and O–H groups in total. The minimum absolute atomic E-state index is 0.308. The molecule has 4 nitrogen and oxygen atoms in total. The summed E-state index contributed by atoms with van der Waals surface area (Å²) in [5.74, 6) is 0. The quantitative estimate of drug-likeness (QED) is 0.442. The molecule has 2 unspecified atom stereocenters. The fourth-order valence-electron chi connectivity index (χ4n) is 0.367. The molecule has 0 aliphatic carbocycles. The Bertz CT molecular complexity index is 82.6. The van der Waals surface area contributed by atoms with Crippen LogP contribution in [0.3, 0.4) is 0 Å². The Kier molecular flexibility index (Phi) is 7.12. The van der Waals surface area contributed by atoms with Crippen molar-refractivity contribution >= 4 is 18.6 Å². The molecule has 0 rings (SSSR count). The molecule has 0 amide bonds. The molecule has 0 aliphatic heterocycles. The lowest BCUT2D eigenvalue weighted by Crippen LogP contribution is -2.23. The Balaban J connectivity index is 3.13. The molecule has 0 aliphatic rings. The average Bonchev–Trinajstić information content (AvgIpc) is 2.04. The van der Waals surface area contributed by atoms with E-state index in [2.05, 4.69) is 0 Å². The second-order valence-corrected chi connectivity index (χ2v) is 5.94. The van der Waals surface area contributed by atoms with E-state index in [0.717, 1.165) is 0 Å². The van der Waals surface area contributed by atoms with Gasteiger partial charge in [0.2, 0.25) is 0 Å². The van der Waals surface area contributed by atoms with E-state index in [-0.39, 0.29) is 0 Å². The highest BCUT2D eigenvalue weighted by molar-refractivity contribution is 6.43. The van der Waals surface area contributed by atoms with Gasteiger partial charge in [-0.3, -0.25) is 0 Å². The van der Waals surface area contributed by atoms with Crippen molar-refractivity contribution in [1.29, 1.82) is 0 Å². The lowest BCUT2D eigenvalue weighted by Gasteiger charge is -2.12. The maximum absolute atomic E-state index is 5.21. The van der Waals surface area contributed by atoms with Crippen LogP contribution in [0.1, 0.15) is 0 Å². The molecule has 0 spiro atoms. The van der Waals surface area contributed by atoms with Gasteiger partial charge in [0.1, 0.15) is 6.79 Å². The molecule has 0 bridgehead atoms. The number of rotatable bonds is 6. The van der Waals surface area contributed by atoms with Gasteiger partial charge in [0, 0.05) is 14.2 Å². The van der Waals surface area contributed by atoms with E-state index in [1.807, 2.05) is 13.1 Å². The molecular formula is C5H16O4Si2. The molecule has 2 atom stereocenters. The summed E-state index contributed by atoms with van der Waals surface area (Å²) in [6, 6.07) is 0. The first-order chi connectivity index (χ1) is 5.20. The monoisotopic (exact) mass is 196 g/mol. The Morgan fingerprint density at radius 3 is 1.55 bits per heavy atom. The third-order valence-electron chi connectivity index (χ3n) is 1.27. The van der Waals surface area contributed by atoms with E-state index in [1.165, 1.54) is 0 Å². The summed E-state index contributed by atoms with van der Waals surface area (Å²) in [5.41, 5.74) is 0. The van der Waals surface area contributed by atoms with Gasteiger partial charge in [-0.05, 0) is 13.1 Å². The number of hydrogen-bond donors (Lipinski definition) is 0. The molecule has 0 aromatic carbocycles. The summed E-state index contributed by atoms with van der Waals surface area (Å²) in [4.78, 5) is 0. The van der Waals surface area contributed by atoms with Crippen molar-refractivity contribution < 1.29 is 17.7 Å². The second-order valence-electron chi connectivity index (χ2n) is 2.06. The van der Waals surface area contributed by atoms with E-state index in [0.29, 0.717) is 6.79 Å². The van der Waals surface area contributed by atoms with Crippen LogP contribution < -0.4 is 0 Å². The smallest absolute Gasteiger partial charge is 0.319 e. The van der Waals surface area contributed by atoms with E-state index in [4.69, 9.17) is 17.7 Å². The van der Waals surface area contributed by atoms with Gasteiger partial charge in [-0.15, -0.1) is 0 Å². The predicted octanol–water partition coefficient (Wildman–Crippen LogP) is -0.0295. The summed E-state index contributed by atoms with van der Waals surface area (Å²) in [5, 5.41) is 0. The highest BCUT2D eigenvalue weighted by Gasteiger charge is 2.05. The highest BCUT2D eigenvalue weighted by atomic mass is 28.3. The van der Waals surface area contributed by atoms with Crippen LogP contribution >= 0.6 is 0 Å². The van der Waals surface area contributed by atoms with Crippen molar-refractivity contribution in [2.24, 2.45) is 0 Å². The summed E-state index contributed by atoms with van der Waals surface area (Å²) in [7, 11) is 0.475. The van der Waals surface area contributed by atoms with Crippen LogP contribution in [0.25, 0.3) is 0 Å². The van der Waals surface area contributed by atoms with Crippen LogP contribution in [-0.4, -0.2) is 39.6 Å². The molecule has 0 fully saturated rings. The summed E-state index contributed by atoms with van der Waals surface area (Å²) in [6.07, 6.45) is 0. The third kappa shape index (κ3) is 6.66. The second kappa shape index (κ2) is 6.95. The first-order valence-electron chi connectivity index (χ1n) is 3.49. The Morgan fingerprint density at radius 2 is 1.27 bits per heavy atom. The Morgan fingerprint density at radius 1 is 0.909 bits per heavy atom. The zero-order valence-corrected chi connectivity index (χ0v) is 9.80. The predicted molar refractivity (Wildman–Crippen MR) is 47.1 cm³/mol. The molecule has 68 valence electrons. The van der Waals surface area contributed by atoms with Crippen molar-refractivity contribution in [3.05, 3.63) is 0 Å². The molecule has 0 saturated carbocycles. The van der Waals surface area contributed by atoms with Gasteiger partial charge in [0.15, 0.2) is 0 Å². The molecule has 0 radical (unpaired) electrons. The van der Waals surface area contributed by atoms with Crippen LogP contribution in [0, 0.1) is 0 Å². The standard InChI is InChI=1S/C5H16O4Si2/c1-6-10(3)8-5-9-11(4)7-2/h10-11H,5H2,1-4H3. The van der Waals surface area contributed by atoms with E-state index in [9.17, 15) is 0 Å². The van der Waals surface area contributed by atoms with Crippen molar-refractivity contribution in [2.45, 2.75) is 13.1 Å². The van der Waals surface area contributed by atoms with Crippen LogP contribution in [0.15, 0.2) is 0 Å². The van der Waals surface area contributed by atoms with Gasteiger partial charge >= 0.3 is 18.6 Å². The van der Waals surface area contributed by atoms with Gasteiger partial charge in [-0.1, -0.05) is 0 Å². The van der Waals surface area contributed by atoms with Crippen LogP contribution in [0.5, 0.6) is 0 Å². The molecule has 0 aromatic heterocycles. The van der Waals surface area contributed by atoms with Crippen LogP contribution in [0.4, 0.5) is 0 Å². The molecule has 0 aromatic rings. The first kappa shape index (κ1) is 11.3. The molecular weight excluding hydrogens is 180 g/mol. The van der Waals surface area contributed by atoms with Gasteiger partial charge in [-0.25, -0.2) is 0 Å². The normalized spacial score (nSPS) is 16.4. The fraction of sp³-hybridized carbons (Fsp3) is 1.00. The van der Waals surface area contributed by atoms with Gasteiger partial charge in [0.05, 0.1) is 0 Å². The van der Waals surface area contributed by atoms with E-state index < -0.39 is 18.6 Å². The number of hydrogen-bond acceptors (Lipinski definition) is 4. The zero-order valence-electron chi connectivity index (χ0n) is 7.49. The lowest BCUT2D eigenvalue weighted by molar-refractivity contribution is 0.0729. The maximum Gasteiger partial charge on any atom is 0.319 e. The maximum atomic E-state index is 5.21. The largest absolute Gasteiger partial charge is 0.400 e. The average molecular weight is 196 g/mol. The minimum atomic E-state index is -1.41. The molecule has 11 heavy (non-hydrogen) atoms. The molecule has 0 saturated heterocycles. The summed E-state index contributed by atoms with van der Waals surface area (Å²) < 4.78 is 20.4. The van der Waals surface area contributed by atoms with Crippen LogP contribution in [-0.2, 0) is 17.7 Å². The van der Waals surface area contributed by atoms with Crippen molar-refractivity contribution in [3.63, 3.8) is 0 Å². The minimum Gasteiger partial charge on any atom is -0.400 e. The van der Waals surface area contributed by atoms with Crippen molar-refractivity contribution in [1.82, 2.24) is 0 Å². The summed E-state index contributed by atoms with van der Waals surface area (Å²) >= 11 is 0. The van der Waals surface area contributed by atoms with Gasteiger partial charge < -0.3 is 17.7 Å². The van der Waals surface area contributed by atoms with Gasteiger partial charge in [0.25, 0.3) is 0 Å². The van der Waals surface area contributed by atoms with E-state index in [1.54, 1.807) is 14.2 Å². The van der Waals surface area contributed by atoms with E-state index >= 15 is 0 Å². The summed E-state index contributed by atoms with van der Waals surface area (Å²) in [6.45, 7) is 4.20. The van der Waals surface area contributed by atoms with Crippen molar-refractivity contribution in [3.8, 4) is 0 Å².